The number of rotatable bonds is 5. The summed E-state index contributed by atoms with van der Waals surface area (Å²) in [5, 5.41) is 8.74. The Kier molecular flexibility index (Phi) is 7.07. The zero-order valence-corrected chi connectivity index (χ0v) is 16.7. The van der Waals surface area contributed by atoms with Crippen LogP contribution in [0.25, 0.3) is 0 Å². The predicted octanol–water partition coefficient (Wildman–Crippen LogP) is 4.12. The minimum Gasteiger partial charge on any atom is -0.332 e. The summed E-state index contributed by atoms with van der Waals surface area (Å²) in [7, 11) is 0. The molecule has 2 rings (SSSR count). The summed E-state index contributed by atoms with van der Waals surface area (Å²) in [6.07, 6.45) is 1.01. The molecule has 0 atom stereocenters. The molecule has 142 valence electrons. The van der Waals surface area contributed by atoms with Crippen molar-refractivity contribution < 1.29 is 9.59 Å². The molecule has 0 aliphatic carbocycles. The Morgan fingerprint density at radius 3 is 2.19 bits per heavy atom. The van der Waals surface area contributed by atoms with Crippen molar-refractivity contribution in [3.63, 3.8) is 0 Å². The van der Waals surface area contributed by atoms with Crippen LogP contribution in [0.2, 0.25) is 0 Å². The maximum atomic E-state index is 12.1. The van der Waals surface area contributed by atoms with Crippen molar-refractivity contribution in [1.82, 2.24) is 5.32 Å². The first-order chi connectivity index (χ1) is 12.7. The van der Waals surface area contributed by atoms with Crippen molar-refractivity contribution in [2.75, 3.05) is 10.6 Å². The standard InChI is InChI=1S/C21H25N3O2S/c1-21(2,3)19(26)22-16-10-7-11-17(14-16)23-20(27)24-18(25)13-12-15-8-5-4-6-9-15/h4-11,14H,12-13H2,1-3H3,(H,22,26)(H2,23,24,25,27). The van der Waals surface area contributed by atoms with Crippen LogP contribution < -0.4 is 16.0 Å². The van der Waals surface area contributed by atoms with Gasteiger partial charge in [-0.2, -0.15) is 0 Å². The van der Waals surface area contributed by atoms with Crippen LogP contribution >= 0.6 is 12.2 Å². The number of thiocarbonyl (C=S) groups is 1. The molecule has 0 radical (unpaired) electrons. The minimum atomic E-state index is -0.481. The zero-order valence-electron chi connectivity index (χ0n) is 15.8. The van der Waals surface area contributed by atoms with Crippen molar-refractivity contribution in [2.24, 2.45) is 5.41 Å². The average molecular weight is 384 g/mol. The molecular formula is C21H25N3O2S. The molecule has 6 heteroatoms. The van der Waals surface area contributed by atoms with Gasteiger partial charge in [-0.05, 0) is 42.4 Å². The summed E-state index contributed by atoms with van der Waals surface area (Å²) < 4.78 is 0. The van der Waals surface area contributed by atoms with E-state index in [4.69, 9.17) is 12.2 Å². The SMILES string of the molecule is CC(C)(C)C(=O)Nc1cccc(NC(=S)NC(=O)CCc2ccccc2)c1. The van der Waals surface area contributed by atoms with E-state index in [9.17, 15) is 9.59 Å². The lowest BCUT2D eigenvalue weighted by molar-refractivity contribution is -0.123. The van der Waals surface area contributed by atoms with Crippen LogP contribution in [0, 0.1) is 5.41 Å². The summed E-state index contributed by atoms with van der Waals surface area (Å²) in [5.74, 6) is -0.218. The molecule has 2 aromatic carbocycles. The lowest BCUT2D eigenvalue weighted by Gasteiger charge is -2.18. The molecule has 0 aromatic heterocycles. The predicted molar refractivity (Wildman–Crippen MR) is 114 cm³/mol. The first-order valence-corrected chi connectivity index (χ1v) is 9.21. The lowest BCUT2D eigenvalue weighted by Crippen LogP contribution is -2.34. The van der Waals surface area contributed by atoms with Crippen LogP contribution in [-0.4, -0.2) is 16.9 Å². The van der Waals surface area contributed by atoms with Crippen LogP contribution in [0.1, 0.15) is 32.8 Å². The lowest BCUT2D eigenvalue weighted by atomic mass is 9.95. The molecular weight excluding hydrogens is 358 g/mol. The number of nitrogens with one attached hydrogen (secondary N) is 3. The Bertz CT molecular complexity index is 814. The molecule has 0 spiro atoms. The number of carbonyl (C=O) groups excluding carboxylic acids is 2. The normalized spacial score (nSPS) is 10.8. The van der Waals surface area contributed by atoms with Crippen molar-refractivity contribution in [1.29, 1.82) is 0 Å². The third kappa shape index (κ3) is 7.19. The van der Waals surface area contributed by atoms with E-state index in [2.05, 4.69) is 16.0 Å². The van der Waals surface area contributed by atoms with Gasteiger partial charge in [-0.25, -0.2) is 0 Å². The molecule has 0 aliphatic rings. The molecule has 2 aromatic rings. The number of benzene rings is 2. The highest BCUT2D eigenvalue weighted by Gasteiger charge is 2.21. The molecule has 0 saturated carbocycles. The van der Waals surface area contributed by atoms with Gasteiger partial charge in [0, 0.05) is 23.2 Å². The smallest absolute Gasteiger partial charge is 0.229 e. The molecule has 0 saturated heterocycles. The molecule has 3 N–H and O–H groups in total. The van der Waals surface area contributed by atoms with Crippen LogP contribution in [-0.2, 0) is 16.0 Å². The molecule has 0 fully saturated rings. The highest BCUT2D eigenvalue weighted by Crippen LogP contribution is 2.20. The second kappa shape index (κ2) is 9.28. The number of amides is 2. The first kappa shape index (κ1) is 20.6. The Morgan fingerprint density at radius 2 is 1.56 bits per heavy atom. The number of anilines is 2. The first-order valence-electron chi connectivity index (χ1n) is 8.80. The van der Waals surface area contributed by atoms with E-state index in [1.54, 1.807) is 18.2 Å². The fraction of sp³-hybridized carbons (Fsp3) is 0.286. The third-order valence-electron chi connectivity index (χ3n) is 3.80. The molecule has 0 bridgehead atoms. The van der Waals surface area contributed by atoms with E-state index in [0.717, 1.165) is 5.56 Å². The number of aryl methyl sites for hydroxylation is 1. The van der Waals surface area contributed by atoms with Gasteiger partial charge in [0.25, 0.3) is 0 Å². The van der Waals surface area contributed by atoms with E-state index < -0.39 is 5.41 Å². The summed E-state index contributed by atoms with van der Waals surface area (Å²) in [5.41, 5.74) is 1.98. The number of hydrogen-bond donors (Lipinski definition) is 3. The fourth-order valence-corrected chi connectivity index (χ4v) is 2.48. The highest BCUT2D eigenvalue weighted by atomic mass is 32.1. The Labute approximate surface area is 165 Å². The van der Waals surface area contributed by atoms with Gasteiger partial charge in [0.05, 0.1) is 0 Å². The molecule has 5 nitrogen and oxygen atoms in total. The van der Waals surface area contributed by atoms with Crippen molar-refractivity contribution in [2.45, 2.75) is 33.6 Å². The molecule has 0 heterocycles. The topological polar surface area (TPSA) is 70.2 Å². The Balaban J connectivity index is 1.85. The fourth-order valence-electron chi connectivity index (χ4n) is 2.25. The van der Waals surface area contributed by atoms with Crippen LogP contribution in [0.5, 0.6) is 0 Å². The van der Waals surface area contributed by atoms with Gasteiger partial charge in [0.1, 0.15) is 0 Å². The van der Waals surface area contributed by atoms with Gasteiger partial charge < -0.3 is 16.0 Å². The van der Waals surface area contributed by atoms with Crippen molar-refractivity contribution in [3.05, 3.63) is 60.2 Å². The van der Waals surface area contributed by atoms with E-state index in [1.807, 2.05) is 57.2 Å². The monoisotopic (exact) mass is 383 g/mol. The molecule has 27 heavy (non-hydrogen) atoms. The molecule has 0 unspecified atom stereocenters. The molecule has 0 aliphatic heterocycles. The van der Waals surface area contributed by atoms with Crippen LogP contribution in [0.3, 0.4) is 0 Å². The van der Waals surface area contributed by atoms with Gasteiger partial charge >= 0.3 is 0 Å². The van der Waals surface area contributed by atoms with Crippen LogP contribution in [0.15, 0.2) is 54.6 Å². The largest absolute Gasteiger partial charge is 0.332 e. The maximum absolute atomic E-state index is 12.1. The Hall–Kier alpha value is -2.73. The van der Waals surface area contributed by atoms with Crippen LogP contribution in [0.4, 0.5) is 11.4 Å². The van der Waals surface area contributed by atoms with Crippen molar-refractivity contribution in [3.8, 4) is 0 Å². The Morgan fingerprint density at radius 1 is 0.926 bits per heavy atom. The van der Waals surface area contributed by atoms with Gasteiger partial charge in [-0.15, -0.1) is 0 Å². The second-order valence-corrected chi connectivity index (χ2v) is 7.68. The zero-order chi connectivity index (χ0) is 19.9. The maximum Gasteiger partial charge on any atom is 0.229 e. The van der Waals surface area contributed by atoms with E-state index in [0.29, 0.717) is 24.2 Å². The quantitative estimate of drug-likeness (QED) is 0.680. The second-order valence-electron chi connectivity index (χ2n) is 7.27. The summed E-state index contributed by atoms with van der Waals surface area (Å²) in [6.45, 7) is 5.56. The highest BCUT2D eigenvalue weighted by molar-refractivity contribution is 7.80. The number of hydrogen-bond acceptors (Lipinski definition) is 3. The van der Waals surface area contributed by atoms with E-state index >= 15 is 0 Å². The van der Waals surface area contributed by atoms with Gasteiger partial charge in [0.2, 0.25) is 11.8 Å². The van der Waals surface area contributed by atoms with Gasteiger partial charge in [-0.1, -0.05) is 57.2 Å². The summed E-state index contributed by atoms with van der Waals surface area (Å²) >= 11 is 5.20. The van der Waals surface area contributed by atoms with Gasteiger partial charge in [0.15, 0.2) is 5.11 Å². The number of carbonyl (C=O) groups is 2. The molecule has 2 amide bonds. The average Bonchev–Trinajstić information content (AvgIpc) is 2.60. The van der Waals surface area contributed by atoms with E-state index in [-0.39, 0.29) is 16.9 Å². The summed E-state index contributed by atoms with van der Waals surface area (Å²) in [6, 6.07) is 17.0. The van der Waals surface area contributed by atoms with Gasteiger partial charge in [-0.3, -0.25) is 9.59 Å². The van der Waals surface area contributed by atoms with Crippen molar-refractivity contribution >= 4 is 40.5 Å². The minimum absolute atomic E-state index is 0.0727. The third-order valence-corrected chi connectivity index (χ3v) is 4.00. The summed E-state index contributed by atoms with van der Waals surface area (Å²) in [4.78, 5) is 24.1. The van der Waals surface area contributed by atoms with E-state index in [1.165, 1.54) is 0 Å².